The van der Waals surface area contributed by atoms with E-state index < -0.39 is 24.5 Å². The highest BCUT2D eigenvalue weighted by atomic mass is 16.5. The van der Waals surface area contributed by atoms with E-state index in [1.165, 1.54) is 20.3 Å². The Morgan fingerprint density at radius 1 is 1.15 bits per heavy atom. The standard InChI is InChI=1S/C19H26N2O6/c1-13(2)10-11-20-19(24)21-16(22)12-27-17(23)9-8-14-6-5-7-15(25-3)18(14)26-4/h5-9,13H,10-12H2,1-4H3,(H2,20,21,22,24)/b9-8+. The van der Waals surface area contributed by atoms with Gasteiger partial charge in [0.15, 0.2) is 18.1 Å². The van der Waals surface area contributed by atoms with Crippen molar-refractivity contribution >= 4 is 24.0 Å². The Bertz CT molecular complexity index is 685. The third-order valence-corrected chi connectivity index (χ3v) is 3.44. The van der Waals surface area contributed by atoms with Crippen LogP contribution in [0.2, 0.25) is 0 Å². The normalized spacial score (nSPS) is 10.6. The van der Waals surface area contributed by atoms with Crippen LogP contribution < -0.4 is 20.1 Å². The van der Waals surface area contributed by atoms with Crippen LogP contribution >= 0.6 is 0 Å². The Morgan fingerprint density at radius 2 is 1.89 bits per heavy atom. The van der Waals surface area contributed by atoms with Gasteiger partial charge >= 0.3 is 12.0 Å². The SMILES string of the molecule is COc1cccc(/C=C/C(=O)OCC(=O)NC(=O)NCCC(C)C)c1OC. The molecule has 0 saturated carbocycles. The number of nitrogens with one attached hydrogen (secondary N) is 2. The third-order valence-electron chi connectivity index (χ3n) is 3.44. The number of methoxy groups -OCH3 is 2. The van der Waals surface area contributed by atoms with Crippen molar-refractivity contribution in [3.05, 3.63) is 29.8 Å². The summed E-state index contributed by atoms with van der Waals surface area (Å²) in [6.07, 6.45) is 3.45. The van der Waals surface area contributed by atoms with Crippen LogP contribution in [0.5, 0.6) is 11.5 Å². The molecule has 8 heteroatoms. The zero-order chi connectivity index (χ0) is 20.2. The van der Waals surface area contributed by atoms with Crippen molar-refractivity contribution in [2.45, 2.75) is 20.3 Å². The van der Waals surface area contributed by atoms with E-state index in [1.54, 1.807) is 18.2 Å². The largest absolute Gasteiger partial charge is 0.493 e. The predicted octanol–water partition coefficient (Wildman–Crippen LogP) is 2.13. The minimum absolute atomic E-state index is 0.442. The van der Waals surface area contributed by atoms with Crippen LogP contribution in [0.4, 0.5) is 4.79 Å². The van der Waals surface area contributed by atoms with Crippen LogP contribution in [0, 0.1) is 5.92 Å². The van der Waals surface area contributed by atoms with E-state index in [4.69, 9.17) is 14.2 Å². The van der Waals surface area contributed by atoms with Gasteiger partial charge in [-0.3, -0.25) is 10.1 Å². The predicted molar refractivity (Wildman–Crippen MR) is 101 cm³/mol. The molecule has 0 aromatic heterocycles. The molecule has 0 heterocycles. The average molecular weight is 378 g/mol. The summed E-state index contributed by atoms with van der Waals surface area (Å²) in [4.78, 5) is 34.8. The summed E-state index contributed by atoms with van der Waals surface area (Å²) in [7, 11) is 3.00. The number of imide groups is 1. The van der Waals surface area contributed by atoms with Crippen LogP contribution in [0.1, 0.15) is 25.8 Å². The molecule has 0 atom stereocenters. The molecule has 0 saturated heterocycles. The summed E-state index contributed by atoms with van der Waals surface area (Å²) in [6, 6.07) is 4.59. The summed E-state index contributed by atoms with van der Waals surface area (Å²) in [5, 5.41) is 4.64. The molecule has 148 valence electrons. The van der Waals surface area contributed by atoms with Gasteiger partial charge in [-0.25, -0.2) is 9.59 Å². The number of para-hydroxylation sites is 1. The van der Waals surface area contributed by atoms with Crippen LogP contribution in [0.15, 0.2) is 24.3 Å². The zero-order valence-electron chi connectivity index (χ0n) is 16.0. The lowest BCUT2D eigenvalue weighted by Gasteiger charge is -2.09. The van der Waals surface area contributed by atoms with Gasteiger partial charge in [0.05, 0.1) is 14.2 Å². The first-order valence-corrected chi connectivity index (χ1v) is 8.50. The van der Waals surface area contributed by atoms with Crippen molar-refractivity contribution in [1.82, 2.24) is 10.6 Å². The van der Waals surface area contributed by atoms with E-state index >= 15 is 0 Å². The van der Waals surface area contributed by atoms with Gasteiger partial charge in [0.25, 0.3) is 5.91 Å². The lowest BCUT2D eigenvalue weighted by molar-refractivity contribution is -0.143. The maximum Gasteiger partial charge on any atom is 0.331 e. The van der Waals surface area contributed by atoms with Gasteiger partial charge in [0, 0.05) is 18.2 Å². The highest BCUT2D eigenvalue weighted by Crippen LogP contribution is 2.31. The molecular formula is C19H26N2O6. The summed E-state index contributed by atoms with van der Waals surface area (Å²) in [5.74, 6) is 0.000633. The number of hydrogen-bond donors (Lipinski definition) is 2. The maximum atomic E-state index is 11.7. The number of carbonyl (C=O) groups is 3. The number of esters is 1. The quantitative estimate of drug-likeness (QED) is 0.504. The Labute approximate surface area is 158 Å². The minimum Gasteiger partial charge on any atom is -0.493 e. The molecule has 0 bridgehead atoms. The fourth-order valence-electron chi connectivity index (χ4n) is 2.07. The first kappa shape index (κ1) is 22.0. The van der Waals surface area contributed by atoms with Gasteiger partial charge in [-0.05, 0) is 24.5 Å². The number of hydrogen-bond acceptors (Lipinski definition) is 6. The van der Waals surface area contributed by atoms with Gasteiger partial charge in [-0.2, -0.15) is 0 Å². The van der Waals surface area contributed by atoms with Gasteiger partial charge in [0.1, 0.15) is 0 Å². The number of urea groups is 1. The molecule has 0 spiro atoms. The molecule has 1 aromatic rings. The molecule has 27 heavy (non-hydrogen) atoms. The van der Waals surface area contributed by atoms with Gasteiger partial charge < -0.3 is 19.5 Å². The monoisotopic (exact) mass is 378 g/mol. The Morgan fingerprint density at radius 3 is 2.52 bits per heavy atom. The lowest BCUT2D eigenvalue weighted by Crippen LogP contribution is -2.41. The average Bonchev–Trinajstić information content (AvgIpc) is 2.63. The number of benzene rings is 1. The summed E-state index contributed by atoms with van der Waals surface area (Å²) >= 11 is 0. The number of amides is 3. The molecule has 0 aliphatic carbocycles. The second kappa shape index (κ2) is 11.6. The molecule has 3 amide bonds. The molecule has 1 aromatic carbocycles. The third kappa shape index (κ3) is 8.26. The molecule has 2 N–H and O–H groups in total. The Kier molecular flexibility index (Phi) is 9.42. The first-order chi connectivity index (χ1) is 12.9. The van der Waals surface area contributed by atoms with E-state index in [0.29, 0.717) is 29.5 Å². The maximum absolute atomic E-state index is 11.7. The van der Waals surface area contributed by atoms with Gasteiger partial charge in [0.2, 0.25) is 0 Å². The molecule has 0 aliphatic rings. The number of rotatable bonds is 9. The van der Waals surface area contributed by atoms with E-state index in [-0.39, 0.29) is 0 Å². The Hall–Kier alpha value is -3.03. The van der Waals surface area contributed by atoms with Gasteiger partial charge in [-0.15, -0.1) is 0 Å². The highest BCUT2D eigenvalue weighted by molar-refractivity contribution is 5.96. The van der Waals surface area contributed by atoms with Crippen LogP contribution in [0.25, 0.3) is 6.08 Å². The summed E-state index contributed by atoms with van der Waals surface area (Å²) < 4.78 is 15.2. The summed E-state index contributed by atoms with van der Waals surface area (Å²) in [6.45, 7) is 3.95. The Balaban J connectivity index is 2.46. The zero-order valence-corrected chi connectivity index (χ0v) is 16.0. The van der Waals surface area contributed by atoms with E-state index in [2.05, 4.69) is 10.6 Å². The fourth-order valence-corrected chi connectivity index (χ4v) is 2.07. The smallest absolute Gasteiger partial charge is 0.331 e. The lowest BCUT2D eigenvalue weighted by atomic mass is 10.1. The van der Waals surface area contributed by atoms with E-state index in [0.717, 1.165) is 12.5 Å². The van der Waals surface area contributed by atoms with Crippen molar-refractivity contribution < 1.29 is 28.6 Å². The molecule has 8 nitrogen and oxygen atoms in total. The van der Waals surface area contributed by atoms with Gasteiger partial charge in [-0.1, -0.05) is 26.0 Å². The summed E-state index contributed by atoms with van der Waals surface area (Å²) in [5.41, 5.74) is 0.614. The molecule has 0 aliphatic heterocycles. The van der Waals surface area contributed by atoms with E-state index in [9.17, 15) is 14.4 Å². The minimum atomic E-state index is -0.727. The first-order valence-electron chi connectivity index (χ1n) is 8.50. The van der Waals surface area contributed by atoms with Crippen molar-refractivity contribution in [3.63, 3.8) is 0 Å². The molecular weight excluding hydrogens is 352 g/mol. The van der Waals surface area contributed by atoms with Crippen molar-refractivity contribution in [3.8, 4) is 11.5 Å². The van der Waals surface area contributed by atoms with Crippen LogP contribution in [0.3, 0.4) is 0 Å². The highest BCUT2D eigenvalue weighted by Gasteiger charge is 2.10. The van der Waals surface area contributed by atoms with E-state index in [1.807, 2.05) is 13.8 Å². The molecule has 0 unspecified atom stereocenters. The van der Waals surface area contributed by atoms with Crippen molar-refractivity contribution in [2.24, 2.45) is 5.92 Å². The van der Waals surface area contributed by atoms with Crippen LogP contribution in [-0.2, 0) is 14.3 Å². The number of ether oxygens (including phenoxy) is 3. The second-order valence-electron chi connectivity index (χ2n) is 6.01. The molecule has 0 fully saturated rings. The van der Waals surface area contributed by atoms with Crippen LogP contribution in [-0.4, -0.2) is 45.3 Å². The van der Waals surface area contributed by atoms with Crippen molar-refractivity contribution in [2.75, 3.05) is 27.4 Å². The molecule has 0 radical (unpaired) electrons. The second-order valence-corrected chi connectivity index (χ2v) is 6.01. The number of carbonyl (C=O) groups excluding carboxylic acids is 3. The topological polar surface area (TPSA) is 103 Å². The fraction of sp³-hybridized carbons (Fsp3) is 0.421. The van der Waals surface area contributed by atoms with Crippen molar-refractivity contribution in [1.29, 1.82) is 0 Å². The molecule has 1 rings (SSSR count).